The number of aryl methyl sites for hydroxylation is 2. The number of nitrogens with one attached hydrogen (secondary N) is 1. The van der Waals surface area contributed by atoms with E-state index >= 15 is 0 Å². The highest BCUT2D eigenvalue weighted by molar-refractivity contribution is 6.03. The van der Waals surface area contributed by atoms with E-state index in [2.05, 4.69) is 15.3 Å². The molecule has 0 atom stereocenters. The maximum absolute atomic E-state index is 12.7. The van der Waals surface area contributed by atoms with Crippen LogP contribution in [0.25, 0.3) is 11.5 Å². The molecule has 1 N–H and O–H groups in total. The van der Waals surface area contributed by atoms with Gasteiger partial charge in [0.15, 0.2) is 5.69 Å². The maximum atomic E-state index is 12.7. The van der Waals surface area contributed by atoms with E-state index in [-0.39, 0.29) is 11.6 Å². The molecule has 144 valence electrons. The van der Waals surface area contributed by atoms with Gasteiger partial charge in [-0.2, -0.15) is 0 Å². The molecule has 2 heterocycles. The summed E-state index contributed by atoms with van der Waals surface area (Å²) in [6, 6.07) is 18.6. The van der Waals surface area contributed by atoms with Gasteiger partial charge < -0.3 is 14.5 Å². The van der Waals surface area contributed by atoms with E-state index in [9.17, 15) is 4.79 Å². The Balaban J connectivity index is 1.50. The molecule has 0 bridgehead atoms. The van der Waals surface area contributed by atoms with E-state index < -0.39 is 0 Å². The second-order valence-electron chi connectivity index (χ2n) is 6.52. The number of pyridine rings is 1. The minimum absolute atomic E-state index is 0.261. The van der Waals surface area contributed by atoms with Crippen LogP contribution in [-0.4, -0.2) is 15.9 Å². The van der Waals surface area contributed by atoms with Gasteiger partial charge in [-0.1, -0.05) is 18.2 Å². The third-order valence-corrected chi connectivity index (χ3v) is 4.33. The van der Waals surface area contributed by atoms with Gasteiger partial charge in [-0.3, -0.25) is 9.78 Å². The van der Waals surface area contributed by atoms with Crippen LogP contribution in [0.5, 0.6) is 11.5 Å². The Bertz CT molecular complexity index is 1140. The molecule has 6 heteroatoms. The summed E-state index contributed by atoms with van der Waals surface area (Å²) in [5.74, 6) is 1.91. The van der Waals surface area contributed by atoms with Crippen molar-refractivity contribution in [1.82, 2.24) is 9.97 Å². The zero-order valence-corrected chi connectivity index (χ0v) is 16.0. The normalized spacial score (nSPS) is 10.6. The fourth-order valence-electron chi connectivity index (χ4n) is 2.88. The van der Waals surface area contributed by atoms with E-state index in [0.717, 1.165) is 11.1 Å². The van der Waals surface area contributed by atoms with Crippen molar-refractivity contribution in [2.24, 2.45) is 0 Å². The average Bonchev–Trinajstić information content (AvgIpc) is 3.13. The van der Waals surface area contributed by atoms with Crippen molar-refractivity contribution in [3.8, 4) is 23.0 Å². The van der Waals surface area contributed by atoms with Crippen molar-refractivity contribution in [3.05, 3.63) is 90.1 Å². The summed E-state index contributed by atoms with van der Waals surface area (Å²) in [7, 11) is 0. The van der Waals surface area contributed by atoms with Crippen molar-refractivity contribution in [2.45, 2.75) is 13.8 Å². The average molecular weight is 385 g/mol. The van der Waals surface area contributed by atoms with Crippen LogP contribution in [0.1, 0.15) is 21.8 Å². The quantitative estimate of drug-likeness (QED) is 0.498. The lowest BCUT2D eigenvalue weighted by molar-refractivity contribution is 0.102. The van der Waals surface area contributed by atoms with Crippen LogP contribution < -0.4 is 10.1 Å². The number of hydrogen-bond donors (Lipinski definition) is 1. The number of aromatic nitrogens is 2. The van der Waals surface area contributed by atoms with Crippen LogP contribution in [0, 0.1) is 13.8 Å². The molecule has 1 amide bonds. The molecular weight excluding hydrogens is 366 g/mol. The molecule has 4 aromatic rings. The highest BCUT2D eigenvalue weighted by atomic mass is 16.5. The van der Waals surface area contributed by atoms with Gasteiger partial charge in [0.2, 0.25) is 5.89 Å². The number of ether oxygens (including phenoxy) is 1. The molecule has 2 aromatic carbocycles. The Morgan fingerprint density at radius 2 is 1.86 bits per heavy atom. The van der Waals surface area contributed by atoms with Crippen LogP contribution in [0.2, 0.25) is 0 Å². The van der Waals surface area contributed by atoms with Gasteiger partial charge >= 0.3 is 0 Å². The monoisotopic (exact) mass is 385 g/mol. The Labute approximate surface area is 168 Å². The van der Waals surface area contributed by atoms with E-state index in [4.69, 9.17) is 9.15 Å². The molecular formula is C23H19N3O3. The summed E-state index contributed by atoms with van der Waals surface area (Å²) in [5, 5.41) is 2.87. The number of hydrogen-bond acceptors (Lipinski definition) is 5. The number of oxazole rings is 1. The second kappa shape index (κ2) is 7.98. The number of carbonyl (C=O) groups is 1. The first-order valence-corrected chi connectivity index (χ1v) is 9.13. The lowest BCUT2D eigenvalue weighted by Crippen LogP contribution is -2.13. The van der Waals surface area contributed by atoms with Crippen LogP contribution in [-0.2, 0) is 0 Å². The van der Waals surface area contributed by atoms with Crippen molar-refractivity contribution >= 4 is 11.6 Å². The third kappa shape index (κ3) is 4.16. The maximum Gasteiger partial charge on any atom is 0.277 e. The minimum Gasteiger partial charge on any atom is -0.455 e. The zero-order valence-electron chi connectivity index (χ0n) is 16.0. The Kier molecular flexibility index (Phi) is 5.07. The first-order valence-electron chi connectivity index (χ1n) is 9.13. The molecule has 0 saturated carbocycles. The van der Waals surface area contributed by atoms with E-state index in [1.54, 1.807) is 25.4 Å². The second-order valence-corrected chi connectivity index (χ2v) is 6.52. The molecule has 2 aromatic heterocycles. The molecule has 0 radical (unpaired) electrons. The van der Waals surface area contributed by atoms with Gasteiger partial charge in [0, 0.05) is 17.4 Å². The largest absolute Gasteiger partial charge is 0.455 e. The summed E-state index contributed by atoms with van der Waals surface area (Å²) in [4.78, 5) is 21.1. The van der Waals surface area contributed by atoms with E-state index in [1.165, 1.54) is 0 Å². The van der Waals surface area contributed by atoms with Gasteiger partial charge in [-0.05, 0) is 61.9 Å². The van der Waals surface area contributed by atoms with Crippen LogP contribution >= 0.6 is 0 Å². The number of amides is 1. The van der Waals surface area contributed by atoms with Gasteiger partial charge in [-0.15, -0.1) is 0 Å². The van der Waals surface area contributed by atoms with Crippen molar-refractivity contribution in [2.75, 3.05) is 5.32 Å². The fourth-order valence-corrected chi connectivity index (χ4v) is 2.88. The predicted molar refractivity (Wildman–Crippen MR) is 110 cm³/mol. The lowest BCUT2D eigenvalue weighted by Gasteiger charge is -2.10. The predicted octanol–water partition coefficient (Wildman–Crippen LogP) is 5.40. The Morgan fingerprint density at radius 3 is 2.59 bits per heavy atom. The molecule has 0 aliphatic carbocycles. The fraction of sp³-hybridized carbons (Fsp3) is 0.0870. The van der Waals surface area contributed by atoms with Crippen LogP contribution in [0.3, 0.4) is 0 Å². The molecule has 0 aliphatic heterocycles. The molecule has 6 nitrogen and oxygen atoms in total. The first kappa shape index (κ1) is 18.4. The third-order valence-electron chi connectivity index (χ3n) is 4.33. The van der Waals surface area contributed by atoms with Gasteiger partial charge in [0.1, 0.15) is 17.3 Å². The van der Waals surface area contributed by atoms with Crippen LogP contribution in [0.4, 0.5) is 5.69 Å². The number of anilines is 1. The molecule has 0 spiro atoms. The SMILES string of the molecule is Cc1cc(NC(=O)c2nc(-c3ccccc3)oc2C)ccc1Oc1cccnc1. The van der Waals surface area contributed by atoms with Crippen molar-refractivity contribution < 1.29 is 13.9 Å². The van der Waals surface area contributed by atoms with E-state index in [1.807, 2.05) is 61.5 Å². The van der Waals surface area contributed by atoms with Crippen molar-refractivity contribution in [3.63, 3.8) is 0 Å². The summed E-state index contributed by atoms with van der Waals surface area (Å²) in [5.41, 5.74) is 2.61. The number of benzene rings is 2. The highest BCUT2D eigenvalue weighted by Crippen LogP contribution is 2.27. The highest BCUT2D eigenvalue weighted by Gasteiger charge is 2.18. The van der Waals surface area contributed by atoms with Gasteiger partial charge in [0.25, 0.3) is 5.91 Å². The minimum atomic E-state index is -0.325. The van der Waals surface area contributed by atoms with Gasteiger partial charge in [0.05, 0.1) is 6.20 Å². The lowest BCUT2D eigenvalue weighted by atomic mass is 10.2. The first-order chi connectivity index (χ1) is 14.1. The summed E-state index contributed by atoms with van der Waals surface area (Å²) < 4.78 is 11.5. The Morgan fingerprint density at radius 1 is 1.03 bits per heavy atom. The standard InChI is InChI=1S/C23H19N3O3/c1-15-13-18(10-11-20(15)29-19-9-6-12-24-14-19)25-22(27)21-16(2)28-23(26-21)17-7-4-3-5-8-17/h3-14H,1-2H3,(H,25,27). The molecule has 0 fully saturated rings. The molecule has 0 aliphatic rings. The molecule has 0 unspecified atom stereocenters. The topological polar surface area (TPSA) is 77.2 Å². The summed E-state index contributed by atoms with van der Waals surface area (Å²) >= 11 is 0. The van der Waals surface area contributed by atoms with Gasteiger partial charge in [-0.25, -0.2) is 4.98 Å². The molecule has 29 heavy (non-hydrogen) atoms. The van der Waals surface area contributed by atoms with E-state index in [0.29, 0.717) is 28.8 Å². The molecule has 0 saturated heterocycles. The van der Waals surface area contributed by atoms with Crippen LogP contribution in [0.15, 0.2) is 77.5 Å². The Hall–Kier alpha value is -3.93. The van der Waals surface area contributed by atoms with Crippen molar-refractivity contribution in [1.29, 1.82) is 0 Å². The number of carbonyl (C=O) groups excluding carboxylic acids is 1. The number of nitrogens with zero attached hydrogens (tertiary/aromatic N) is 2. The molecule has 4 rings (SSSR count). The summed E-state index contributed by atoms with van der Waals surface area (Å²) in [6.07, 6.45) is 3.33. The zero-order chi connectivity index (χ0) is 20.2. The number of rotatable bonds is 5. The summed E-state index contributed by atoms with van der Waals surface area (Å²) in [6.45, 7) is 3.64. The smallest absolute Gasteiger partial charge is 0.277 e.